The predicted molar refractivity (Wildman–Crippen MR) is 83.2 cm³/mol. The summed E-state index contributed by atoms with van der Waals surface area (Å²) in [4.78, 5) is 11.9. The van der Waals surface area contributed by atoms with E-state index >= 15 is 0 Å². The minimum Gasteiger partial charge on any atom is -0.335 e. The minimum atomic E-state index is -1.08. The van der Waals surface area contributed by atoms with Gasteiger partial charge in [0.25, 0.3) is 0 Å². The van der Waals surface area contributed by atoms with Crippen LogP contribution in [0.2, 0.25) is 0 Å². The zero-order chi connectivity index (χ0) is 16.1. The number of halogens is 2. The molecule has 22 heavy (non-hydrogen) atoms. The number of rotatable bonds is 4. The Balaban J connectivity index is 1.91. The van der Waals surface area contributed by atoms with E-state index in [4.69, 9.17) is 0 Å². The fourth-order valence-corrected chi connectivity index (χ4v) is 4.04. The summed E-state index contributed by atoms with van der Waals surface area (Å²) in [6.07, 6.45) is 3.25. The number of carbonyl (C=O) groups excluding carboxylic acids is 1. The van der Waals surface area contributed by atoms with Gasteiger partial charge >= 0.3 is 6.03 Å². The molecule has 0 aliphatic heterocycles. The van der Waals surface area contributed by atoms with Crippen LogP contribution in [0.3, 0.4) is 0 Å². The van der Waals surface area contributed by atoms with Gasteiger partial charge in [-0.25, -0.2) is 13.6 Å². The second-order valence-electron chi connectivity index (χ2n) is 5.35. The number of hydrogen-bond acceptors (Lipinski definition) is 2. The van der Waals surface area contributed by atoms with Crippen LogP contribution >= 0.6 is 0 Å². The van der Waals surface area contributed by atoms with Crippen LogP contribution < -0.4 is 10.6 Å². The van der Waals surface area contributed by atoms with Gasteiger partial charge in [-0.2, -0.15) is 0 Å². The van der Waals surface area contributed by atoms with Crippen LogP contribution in [0.5, 0.6) is 0 Å². The predicted octanol–water partition coefficient (Wildman–Crippen LogP) is 3.17. The highest BCUT2D eigenvalue weighted by Crippen LogP contribution is 2.23. The Morgan fingerprint density at radius 2 is 2.14 bits per heavy atom. The van der Waals surface area contributed by atoms with E-state index in [9.17, 15) is 17.8 Å². The van der Waals surface area contributed by atoms with Crippen LogP contribution in [-0.2, 0) is 10.8 Å². The van der Waals surface area contributed by atoms with Gasteiger partial charge < -0.3 is 10.6 Å². The lowest BCUT2D eigenvalue weighted by atomic mass is 9.95. The third-order valence-corrected chi connectivity index (χ3v) is 5.56. The van der Waals surface area contributed by atoms with Crippen LogP contribution in [0.4, 0.5) is 19.3 Å². The number of benzene rings is 1. The van der Waals surface area contributed by atoms with Crippen LogP contribution in [0.1, 0.15) is 32.6 Å². The van der Waals surface area contributed by atoms with E-state index in [2.05, 4.69) is 10.6 Å². The molecule has 3 atom stereocenters. The van der Waals surface area contributed by atoms with Crippen molar-refractivity contribution in [3.05, 3.63) is 29.8 Å². The lowest BCUT2D eigenvalue weighted by molar-refractivity contribution is 0.244. The van der Waals surface area contributed by atoms with E-state index in [0.29, 0.717) is 12.2 Å². The number of nitrogens with one attached hydrogen (secondary N) is 2. The van der Waals surface area contributed by atoms with Crippen molar-refractivity contribution in [2.45, 2.75) is 43.9 Å². The molecule has 0 heterocycles. The molecule has 1 aromatic carbocycles. The molecule has 122 valence electrons. The lowest BCUT2D eigenvalue weighted by Gasteiger charge is -2.29. The second kappa shape index (κ2) is 7.67. The van der Waals surface area contributed by atoms with Gasteiger partial charge in [0.05, 0.1) is 5.69 Å². The summed E-state index contributed by atoms with van der Waals surface area (Å²) in [5.41, 5.74) is -0.193. The maximum atomic E-state index is 13.5. The minimum absolute atomic E-state index is 0.0918. The summed E-state index contributed by atoms with van der Waals surface area (Å²) in [6.45, 7) is 1.88. The summed E-state index contributed by atoms with van der Waals surface area (Å²) < 4.78 is 38.4. The Labute approximate surface area is 131 Å². The quantitative estimate of drug-likeness (QED) is 0.891. The van der Waals surface area contributed by atoms with Gasteiger partial charge in [0.1, 0.15) is 0 Å². The summed E-state index contributed by atoms with van der Waals surface area (Å²) >= 11 is 0. The fourth-order valence-electron chi connectivity index (χ4n) is 2.69. The Hall–Kier alpha value is -1.50. The molecule has 1 fully saturated rings. The third-order valence-electron chi connectivity index (χ3n) is 3.82. The SMILES string of the molecule is CC[S@@](=O)[C@H]1CCC[C@H](NC(=O)Nc2cccc(F)c2F)C1. The van der Waals surface area contributed by atoms with Crippen molar-refractivity contribution in [1.82, 2.24) is 5.32 Å². The molecule has 0 unspecified atom stereocenters. The molecular weight excluding hydrogens is 310 g/mol. The van der Waals surface area contributed by atoms with Crippen molar-refractivity contribution in [2.24, 2.45) is 0 Å². The normalized spacial score (nSPS) is 22.9. The first-order valence-electron chi connectivity index (χ1n) is 7.40. The van der Waals surface area contributed by atoms with Gasteiger partial charge in [-0.1, -0.05) is 19.4 Å². The third kappa shape index (κ3) is 4.25. The van der Waals surface area contributed by atoms with Gasteiger partial charge in [-0.15, -0.1) is 0 Å². The molecule has 0 aromatic heterocycles. The largest absolute Gasteiger partial charge is 0.335 e. The summed E-state index contributed by atoms with van der Waals surface area (Å²) in [7, 11) is -0.875. The Bertz CT molecular complexity index is 568. The molecule has 2 amide bonds. The first-order valence-corrected chi connectivity index (χ1v) is 8.78. The molecule has 2 N–H and O–H groups in total. The first-order chi connectivity index (χ1) is 10.5. The molecule has 1 saturated carbocycles. The number of hydrogen-bond donors (Lipinski definition) is 2. The van der Waals surface area contributed by atoms with E-state index < -0.39 is 28.5 Å². The van der Waals surface area contributed by atoms with Crippen LogP contribution in [0.15, 0.2) is 18.2 Å². The van der Waals surface area contributed by atoms with Crippen LogP contribution in [0.25, 0.3) is 0 Å². The fraction of sp³-hybridized carbons (Fsp3) is 0.533. The van der Waals surface area contributed by atoms with Gasteiger partial charge in [0, 0.05) is 27.8 Å². The maximum Gasteiger partial charge on any atom is 0.319 e. The smallest absolute Gasteiger partial charge is 0.319 e. The van der Waals surface area contributed by atoms with Crippen molar-refractivity contribution in [1.29, 1.82) is 0 Å². The van der Waals surface area contributed by atoms with Gasteiger partial charge in [-0.3, -0.25) is 4.21 Å². The molecule has 1 aliphatic carbocycles. The lowest BCUT2D eigenvalue weighted by Crippen LogP contribution is -2.43. The van der Waals surface area contributed by atoms with Crippen molar-refractivity contribution >= 4 is 22.5 Å². The molecule has 0 bridgehead atoms. The zero-order valence-electron chi connectivity index (χ0n) is 12.4. The van der Waals surface area contributed by atoms with Crippen LogP contribution in [-0.4, -0.2) is 27.3 Å². The Morgan fingerprint density at radius 3 is 2.86 bits per heavy atom. The highest BCUT2D eigenvalue weighted by molar-refractivity contribution is 7.85. The first kappa shape index (κ1) is 16.9. The van der Waals surface area contributed by atoms with Crippen molar-refractivity contribution in [3.63, 3.8) is 0 Å². The van der Waals surface area contributed by atoms with E-state index in [1.165, 1.54) is 12.1 Å². The summed E-state index contributed by atoms with van der Waals surface area (Å²) in [5, 5.41) is 5.16. The maximum absolute atomic E-state index is 13.5. The summed E-state index contributed by atoms with van der Waals surface area (Å²) in [5.74, 6) is -1.47. The molecule has 1 aliphatic rings. The average Bonchev–Trinajstić information content (AvgIpc) is 2.51. The number of anilines is 1. The zero-order valence-corrected chi connectivity index (χ0v) is 13.2. The van der Waals surface area contributed by atoms with Gasteiger partial charge in [0.2, 0.25) is 0 Å². The molecular formula is C15H20F2N2O2S. The molecule has 7 heteroatoms. The topological polar surface area (TPSA) is 58.2 Å². The molecule has 0 spiro atoms. The molecule has 4 nitrogen and oxygen atoms in total. The number of carbonyl (C=O) groups is 1. The second-order valence-corrected chi connectivity index (χ2v) is 7.36. The van der Waals surface area contributed by atoms with Crippen molar-refractivity contribution in [2.75, 3.05) is 11.1 Å². The standard InChI is InChI=1S/C15H20F2N2O2S/c1-2-22(21)11-6-3-5-10(9-11)18-15(20)19-13-8-4-7-12(16)14(13)17/h4,7-8,10-11H,2-3,5-6,9H2,1H3,(H2,18,19,20)/t10-,11-,22+/m0/s1. The van der Waals surface area contributed by atoms with Crippen molar-refractivity contribution < 1.29 is 17.8 Å². The van der Waals surface area contributed by atoms with Gasteiger partial charge in [0.15, 0.2) is 11.6 Å². The number of urea groups is 1. The average molecular weight is 330 g/mol. The molecule has 0 saturated heterocycles. The van der Waals surface area contributed by atoms with Crippen molar-refractivity contribution in [3.8, 4) is 0 Å². The van der Waals surface area contributed by atoms with Gasteiger partial charge in [-0.05, 0) is 31.4 Å². The van der Waals surface area contributed by atoms with E-state index in [0.717, 1.165) is 25.3 Å². The van der Waals surface area contributed by atoms with Crippen LogP contribution in [0, 0.1) is 11.6 Å². The monoisotopic (exact) mass is 330 g/mol. The van der Waals surface area contributed by atoms with E-state index in [-0.39, 0.29) is 17.0 Å². The molecule has 1 aromatic rings. The highest BCUT2D eigenvalue weighted by Gasteiger charge is 2.26. The van der Waals surface area contributed by atoms with E-state index in [1.807, 2.05) is 6.92 Å². The molecule has 0 radical (unpaired) electrons. The Kier molecular flexibility index (Phi) is 5.88. The summed E-state index contributed by atoms with van der Waals surface area (Å²) in [6, 6.07) is 2.95. The Morgan fingerprint density at radius 1 is 1.36 bits per heavy atom. The highest BCUT2D eigenvalue weighted by atomic mass is 32.2. The van der Waals surface area contributed by atoms with E-state index in [1.54, 1.807) is 0 Å². The number of amides is 2. The molecule has 2 rings (SSSR count).